The Balaban J connectivity index is 1.59. The van der Waals surface area contributed by atoms with E-state index in [2.05, 4.69) is 60.6 Å². The van der Waals surface area contributed by atoms with Gasteiger partial charge in [0.1, 0.15) is 0 Å². The van der Waals surface area contributed by atoms with Crippen LogP contribution in [0.25, 0.3) is 0 Å². The quantitative estimate of drug-likeness (QED) is 0.561. The largest absolute Gasteiger partial charge is 0.362 e. The van der Waals surface area contributed by atoms with Crippen LogP contribution in [-0.2, 0) is 21.4 Å². The zero-order valence-electron chi connectivity index (χ0n) is 21.5. The maximum Gasteiger partial charge on any atom is 0.223 e. The van der Waals surface area contributed by atoms with E-state index < -0.39 is 5.41 Å². The average molecular weight is 483 g/mol. The molecular weight excluding hydrogens is 448 g/mol. The highest BCUT2D eigenvalue weighted by molar-refractivity contribution is 6.01. The summed E-state index contributed by atoms with van der Waals surface area (Å²) in [6.45, 7) is 8.61. The molecule has 0 bridgehead atoms. The molecule has 0 radical (unpaired) electrons. The number of carbonyl (C=O) groups is 2. The van der Waals surface area contributed by atoms with Gasteiger partial charge in [-0.25, -0.2) is 0 Å². The number of benzene rings is 2. The van der Waals surface area contributed by atoms with Crippen molar-refractivity contribution in [1.82, 2.24) is 5.32 Å². The van der Waals surface area contributed by atoms with Crippen molar-refractivity contribution in [3.05, 3.63) is 88.8 Å². The van der Waals surface area contributed by atoms with Gasteiger partial charge in [-0.1, -0.05) is 63.2 Å². The summed E-state index contributed by atoms with van der Waals surface area (Å²) in [4.78, 5) is 28.3. The predicted octanol–water partition coefficient (Wildman–Crippen LogP) is 5.85. The van der Waals surface area contributed by atoms with Crippen LogP contribution in [0, 0.1) is 5.41 Å². The van der Waals surface area contributed by atoms with Gasteiger partial charge in [0.2, 0.25) is 5.91 Å². The summed E-state index contributed by atoms with van der Waals surface area (Å²) in [7, 11) is 0. The van der Waals surface area contributed by atoms with Crippen molar-refractivity contribution in [1.29, 1.82) is 0 Å². The molecule has 0 fully saturated rings. The van der Waals surface area contributed by atoms with Gasteiger partial charge < -0.3 is 10.2 Å². The number of Topliss-reactive ketones (excluding diaryl/α,β-unsaturated/α-hetero) is 1. The van der Waals surface area contributed by atoms with Gasteiger partial charge >= 0.3 is 0 Å². The van der Waals surface area contributed by atoms with E-state index >= 15 is 0 Å². The Bertz CT molecular complexity index is 1290. The van der Waals surface area contributed by atoms with Gasteiger partial charge in [-0.3, -0.25) is 9.59 Å². The van der Waals surface area contributed by atoms with Gasteiger partial charge in [-0.05, 0) is 47.9 Å². The SMILES string of the molecule is CCC1(c2cccc(N(CCc3ccccc3)C(C)=O)c2)C2=CN=NC2NC2=C1C(=O)CC(C)(C)C2. The Morgan fingerprint density at radius 2 is 1.89 bits per heavy atom. The molecule has 2 unspecified atom stereocenters. The third-order valence-corrected chi connectivity index (χ3v) is 7.81. The Labute approximate surface area is 213 Å². The van der Waals surface area contributed by atoms with Crippen molar-refractivity contribution in [3.63, 3.8) is 0 Å². The number of anilines is 1. The summed E-state index contributed by atoms with van der Waals surface area (Å²) in [6, 6.07) is 18.4. The fourth-order valence-corrected chi connectivity index (χ4v) is 6.18. The van der Waals surface area contributed by atoms with E-state index in [9.17, 15) is 9.59 Å². The third kappa shape index (κ3) is 4.08. The van der Waals surface area contributed by atoms with Gasteiger partial charge in [-0.15, -0.1) is 0 Å². The van der Waals surface area contributed by atoms with Gasteiger partial charge in [0.15, 0.2) is 11.9 Å². The molecule has 1 amide bonds. The number of azo groups is 1. The summed E-state index contributed by atoms with van der Waals surface area (Å²) in [5.41, 5.74) is 5.15. The maximum atomic E-state index is 13.7. The van der Waals surface area contributed by atoms with Crippen LogP contribution >= 0.6 is 0 Å². The average Bonchev–Trinajstić information content (AvgIpc) is 3.31. The lowest BCUT2D eigenvalue weighted by Gasteiger charge is -2.48. The molecule has 3 aliphatic rings. The smallest absolute Gasteiger partial charge is 0.223 e. The molecule has 1 aliphatic carbocycles. The van der Waals surface area contributed by atoms with Crippen molar-refractivity contribution >= 4 is 17.4 Å². The number of carbonyl (C=O) groups excluding carboxylic acids is 2. The van der Waals surface area contributed by atoms with E-state index in [4.69, 9.17) is 0 Å². The molecule has 2 heterocycles. The molecule has 2 aliphatic heterocycles. The number of fused-ring (bicyclic) bond motifs is 1. The summed E-state index contributed by atoms with van der Waals surface area (Å²) in [6.07, 6.45) is 4.34. The second-order valence-corrected chi connectivity index (χ2v) is 10.9. The van der Waals surface area contributed by atoms with Gasteiger partial charge in [-0.2, -0.15) is 10.2 Å². The standard InChI is InChI=1S/C30H34N4O2/c1-5-30(24-19-31-33-28(24)32-25-17-29(3,4)18-26(36)27(25)30)22-12-9-13-23(16-22)34(20(2)35)15-14-21-10-7-6-8-11-21/h6-13,16,19,28,32H,5,14-15,17-18H2,1-4H3. The lowest BCUT2D eigenvalue weighted by molar-refractivity contribution is -0.119. The Kier molecular flexibility index (Phi) is 6.15. The number of allylic oxidation sites excluding steroid dienone is 2. The Morgan fingerprint density at radius 3 is 2.61 bits per heavy atom. The lowest BCUT2D eigenvalue weighted by atomic mass is 9.59. The first-order chi connectivity index (χ1) is 17.2. The van der Waals surface area contributed by atoms with Crippen LogP contribution in [-0.4, -0.2) is 24.4 Å². The minimum absolute atomic E-state index is 0.00250. The summed E-state index contributed by atoms with van der Waals surface area (Å²) < 4.78 is 0. The zero-order valence-corrected chi connectivity index (χ0v) is 21.5. The molecule has 0 aromatic heterocycles. The first-order valence-electron chi connectivity index (χ1n) is 12.8. The van der Waals surface area contributed by atoms with E-state index in [-0.39, 0.29) is 23.3 Å². The summed E-state index contributed by atoms with van der Waals surface area (Å²) >= 11 is 0. The van der Waals surface area contributed by atoms with Crippen LogP contribution in [0.2, 0.25) is 0 Å². The minimum atomic E-state index is -0.625. The Morgan fingerprint density at radius 1 is 1.11 bits per heavy atom. The first-order valence-corrected chi connectivity index (χ1v) is 12.8. The van der Waals surface area contributed by atoms with Crippen LogP contribution < -0.4 is 10.2 Å². The van der Waals surface area contributed by atoms with Crippen LogP contribution in [0.3, 0.4) is 0 Å². The molecular formula is C30H34N4O2. The highest BCUT2D eigenvalue weighted by Gasteiger charge is 2.53. The van der Waals surface area contributed by atoms with E-state index in [1.54, 1.807) is 6.92 Å². The number of ketones is 1. The van der Waals surface area contributed by atoms with E-state index in [0.717, 1.165) is 40.9 Å². The first kappa shape index (κ1) is 24.2. The molecule has 1 N–H and O–H groups in total. The highest BCUT2D eigenvalue weighted by Crippen LogP contribution is 2.54. The highest BCUT2D eigenvalue weighted by atomic mass is 16.2. The van der Waals surface area contributed by atoms with Crippen molar-refractivity contribution in [2.45, 2.75) is 65.0 Å². The van der Waals surface area contributed by atoms with Gasteiger partial charge in [0.25, 0.3) is 0 Å². The third-order valence-electron chi connectivity index (χ3n) is 7.81. The normalized spacial score (nSPS) is 24.1. The number of nitrogens with zero attached hydrogens (tertiary/aromatic N) is 3. The van der Waals surface area contributed by atoms with Crippen molar-refractivity contribution < 1.29 is 9.59 Å². The second-order valence-electron chi connectivity index (χ2n) is 10.9. The minimum Gasteiger partial charge on any atom is -0.362 e. The molecule has 2 aromatic rings. The topological polar surface area (TPSA) is 74.1 Å². The number of amides is 1. The second kappa shape index (κ2) is 9.16. The fraction of sp³-hybridized carbons (Fsp3) is 0.400. The van der Waals surface area contributed by atoms with Crippen molar-refractivity contribution in [2.75, 3.05) is 11.4 Å². The molecule has 0 saturated heterocycles. The molecule has 0 saturated carbocycles. The summed E-state index contributed by atoms with van der Waals surface area (Å²) in [5, 5.41) is 12.2. The van der Waals surface area contributed by atoms with E-state index in [0.29, 0.717) is 19.4 Å². The van der Waals surface area contributed by atoms with Crippen LogP contribution in [0.1, 0.15) is 58.1 Å². The lowest BCUT2D eigenvalue weighted by Crippen LogP contribution is -2.51. The van der Waals surface area contributed by atoms with Crippen molar-refractivity contribution in [2.24, 2.45) is 15.6 Å². The molecule has 36 heavy (non-hydrogen) atoms. The zero-order chi connectivity index (χ0) is 25.5. The molecule has 2 aromatic carbocycles. The fourth-order valence-electron chi connectivity index (χ4n) is 6.18. The van der Waals surface area contributed by atoms with E-state index in [1.165, 1.54) is 5.56 Å². The van der Waals surface area contributed by atoms with Gasteiger partial charge in [0.05, 0.1) is 11.6 Å². The molecule has 5 rings (SSSR count). The number of nitrogens with one attached hydrogen (secondary N) is 1. The molecule has 2 atom stereocenters. The van der Waals surface area contributed by atoms with Crippen LogP contribution in [0.5, 0.6) is 0 Å². The molecule has 6 heteroatoms. The Hall–Kier alpha value is -3.54. The van der Waals surface area contributed by atoms with Crippen LogP contribution in [0.4, 0.5) is 5.69 Å². The predicted molar refractivity (Wildman–Crippen MR) is 141 cm³/mol. The van der Waals surface area contributed by atoms with Gasteiger partial charge in [0, 0.05) is 42.4 Å². The molecule has 6 nitrogen and oxygen atoms in total. The van der Waals surface area contributed by atoms with Crippen LogP contribution in [0.15, 0.2) is 87.9 Å². The number of hydrogen-bond acceptors (Lipinski definition) is 5. The molecule has 186 valence electrons. The molecule has 0 spiro atoms. The van der Waals surface area contributed by atoms with Crippen molar-refractivity contribution in [3.8, 4) is 0 Å². The van der Waals surface area contributed by atoms with E-state index in [1.807, 2.05) is 41.4 Å². The monoisotopic (exact) mass is 482 g/mol. The number of rotatable bonds is 6. The summed E-state index contributed by atoms with van der Waals surface area (Å²) in [5.74, 6) is 0.178. The maximum absolute atomic E-state index is 13.7. The number of hydrogen-bond donors (Lipinski definition) is 1.